The van der Waals surface area contributed by atoms with E-state index in [4.69, 9.17) is 16.3 Å². The van der Waals surface area contributed by atoms with Gasteiger partial charge < -0.3 is 9.47 Å². The lowest BCUT2D eigenvalue weighted by Gasteiger charge is -2.02. The van der Waals surface area contributed by atoms with Crippen LogP contribution in [0.25, 0.3) is 0 Å². The van der Waals surface area contributed by atoms with E-state index < -0.39 is 5.97 Å². The summed E-state index contributed by atoms with van der Waals surface area (Å²) in [5.41, 5.74) is 0. The molecule has 0 aromatic heterocycles. The summed E-state index contributed by atoms with van der Waals surface area (Å²) in [6.45, 7) is 4.11. The van der Waals surface area contributed by atoms with Gasteiger partial charge in [-0.2, -0.15) is 0 Å². The van der Waals surface area contributed by atoms with Gasteiger partial charge in [-0.25, -0.2) is 0 Å². The average Bonchev–Trinajstić information content (AvgIpc) is 2.21. The van der Waals surface area contributed by atoms with E-state index in [1.54, 1.807) is 0 Å². The second kappa shape index (κ2) is 10.8. The van der Waals surface area contributed by atoms with E-state index >= 15 is 0 Å². The van der Waals surface area contributed by atoms with Crippen LogP contribution in [0.3, 0.4) is 0 Å². The van der Waals surface area contributed by atoms with Crippen molar-refractivity contribution in [3.63, 3.8) is 0 Å². The van der Waals surface area contributed by atoms with Gasteiger partial charge in [0.2, 0.25) is 5.22 Å². The summed E-state index contributed by atoms with van der Waals surface area (Å²) in [4.78, 5) is 10.5. The van der Waals surface area contributed by atoms with Gasteiger partial charge in [-0.15, -0.1) is 0 Å². The SMILES string of the molecule is CCCCCCCCO/C=C(\Cl)OC(C)=O. The van der Waals surface area contributed by atoms with Crippen LogP contribution in [0.4, 0.5) is 0 Å². The molecule has 0 rings (SSSR count). The molecule has 0 aromatic carbocycles. The van der Waals surface area contributed by atoms with Crippen molar-refractivity contribution in [2.24, 2.45) is 0 Å². The van der Waals surface area contributed by atoms with Gasteiger partial charge in [-0.05, 0) is 18.0 Å². The molecular formula is C12H21ClO3. The lowest BCUT2D eigenvalue weighted by atomic mass is 10.1. The highest BCUT2D eigenvalue weighted by Crippen LogP contribution is 2.07. The minimum absolute atomic E-state index is 0.0153. The molecule has 0 bridgehead atoms. The number of hydrogen-bond donors (Lipinski definition) is 0. The molecule has 0 aliphatic heterocycles. The molecule has 0 atom stereocenters. The van der Waals surface area contributed by atoms with Crippen molar-refractivity contribution < 1.29 is 14.3 Å². The molecule has 16 heavy (non-hydrogen) atoms. The summed E-state index contributed by atoms with van der Waals surface area (Å²) in [6.07, 6.45) is 8.55. The number of rotatable bonds is 9. The van der Waals surface area contributed by atoms with E-state index in [0.29, 0.717) is 6.61 Å². The Balaban J connectivity index is 3.28. The second-order valence-electron chi connectivity index (χ2n) is 3.65. The standard InChI is InChI=1S/C12H21ClO3/c1-3-4-5-6-7-8-9-15-10-12(13)16-11(2)14/h10H,3-9H2,1-2H3/b12-10+. The highest BCUT2D eigenvalue weighted by Gasteiger charge is 1.97. The van der Waals surface area contributed by atoms with Gasteiger partial charge in [0.05, 0.1) is 6.61 Å². The normalized spacial score (nSPS) is 11.3. The fourth-order valence-electron chi connectivity index (χ4n) is 1.25. The minimum atomic E-state index is -0.440. The van der Waals surface area contributed by atoms with Crippen LogP contribution in [0, 0.1) is 0 Å². The van der Waals surface area contributed by atoms with Gasteiger partial charge in [0.1, 0.15) is 6.26 Å². The Hall–Kier alpha value is -0.700. The first-order valence-corrected chi connectivity index (χ1v) is 6.20. The molecule has 0 spiro atoms. The third kappa shape index (κ3) is 11.4. The predicted molar refractivity (Wildman–Crippen MR) is 65.0 cm³/mol. The molecular weight excluding hydrogens is 228 g/mol. The van der Waals surface area contributed by atoms with Crippen molar-refractivity contribution >= 4 is 17.6 Å². The summed E-state index contributed by atoms with van der Waals surface area (Å²) < 4.78 is 9.70. The zero-order valence-electron chi connectivity index (χ0n) is 10.1. The molecule has 0 aliphatic carbocycles. The lowest BCUT2D eigenvalue weighted by molar-refractivity contribution is -0.136. The van der Waals surface area contributed by atoms with E-state index in [-0.39, 0.29) is 5.22 Å². The van der Waals surface area contributed by atoms with Gasteiger partial charge in [-0.1, -0.05) is 39.0 Å². The zero-order valence-corrected chi connectivity index (χ0v) is 10.9. The molecule has 0 saturated heterocycles. The Kier molecular flexibility index (Phi) is 10.3. The summed E-state index contributed by atoms with van der Waals surface area (Å²) in [6, 6.07) is 0. The van der Waals surface area contributed by atoms with E-state index in [2.05, 4.69) is 11.7 Å². The van der Waals surface area contributed by atoms with E-state index in [0.717, 1.165) is 6.42 Å². The Morgan fingerprint density at radius 3 is 2.44 bits per heavy atom. The average molecular weight is 249 g/mol. The topological polar surface area (TPSA) is 35.5 Å². The van der Waals surface area contributed by atoms with Crippen molar-refractivity contribution in [3.05, 3.63) is 11.5 Å². The number of carbonyl (C=O) groups excluding carboxylic acids is 1. The van der Waals surface area contributed by atoms with Crippen molar-refractivity contribution in [3.8, 4) is 0 Å². The van der Waals surface area contributed by atoms with Crippen molar-refractivity contribution in [1.82, 2.24) is 0 Å². The summed E-state index contributed by atoms with van der Waals surface area (Å²) in [7, 11) is 0. The Morgan fingerprint density at radius 1 is 1.19 bits per heavy atom. The number of ether oxygens (including phenoxy) is 2. The Morgan fingerprint density at radius 2 is 1.81 bits per heavy atom. The first-order valence-electron chi connectivity index (χ1n) is 5.82. The summed E-state index contributed by atoms with van der Waals surface area (Å²) in [5, 5.41) is -0.0153. The minimum Gasteiger partial charge on any atom is -0.496 e. The molecule has 0 heterocycles. The monoisotopic (exact) mass is 248 g/mol. The molecule has 0 aliphatic rings. The molecule has 0 radical (unpaired) electrons. The van der Waals surface area contributed by atoms with Gasteiger partial charge in [0, 0.05) is 6.92 Å². The first kappa shape index (κ1) is 15.3. The van der Waals surface area contributed by atoms with Gasteiger partial charge in [0.15, 0.2) is 0 Å². The third-order valence-electron chi connectivity index (χ3n) is 2.03. The zero-order chi connectivity index (χ0) is 12.2. The van der Waals surface area contributed by atoms with Gasteiger partial charge in [0.25, 0.3) is 0 Å². The van der Waals surface area contributed by atoms with Crippen LogP contribution in [0.5, 0.6) is 0 Å². The van der Waals surface area contributed by atoms with Crippen molar-refractivity contribution in [2.45, 2.75) is 52.4 Å². The number of carbonyl (C=O) groups is 1. The van der Waals surface area contributed by atoms with Crippen LogP contribution in [-0.4, -0.2) is 12.6 Å². The van der Waals surface area contributed by atoms with Crippen LogP contribution < -0.4 is 0 Å². The molecule has 0 aromatic rings. The van der Waals surface area contributed by atoms with Crippen molar-refractivity contribution in [2.75, 3.05) is 6.61 Å². The highest BCUT2D eigenvalue weighted by molar-refractivity contribution is 6.28. The number of unbranched alkanes of at least 4 members (excludes halogenated alkanes) is 5. The molecule has 3 nitrogen and oxygen atoms in total. The van der Waals surface area contributed by atoms with Crippen LogP contribution in [0.2, 0.25) is 0 Å². The Bertz CT molecular complexity index is 214. The number of hydrogen-bond acceptors (Lipinski definition) is 3. The smallest absolute Gasteiger partial charge is 0.308 e. The maximum Gasteiger partial charge on any atom is 0.308 e. The molecule has 0 N–H and O–H groups in total. The lowest BCUT2D eigenvalue weighted by Crippen LogP contribution is -1.95. The number of halogens is 1. The third-order valence-corrected chi connectivity index (χ3v) is 2.20. The van der Waals surface area contributed by atoms with E-state index in [1.165, 1.54) is 45.3 Å². The first-order chi connectivity index (χ1) is 7.66. The molecule has 0 amide bonds. The molecule has 0 saturated carbocycles. The maximum absolute atomic E-state index is 10.5. The van der Waals surface area contributed by atoms with Crippen LogP contribution >= 0.6 is 11.6 Å². The summed E-state index contributed by atoms with van der Waals surface area (Å²) >= 11 is 5.55. The van der Waals surface area contributed by atoms with Crippen LogP contribution in [0.1, 0.15) is 52.4 Å². The largest absolute Gasteiger partial charge is 0.496 e. The summed E-state index contributed by atoms with van der Waals surface area (Å²) in [5.74, 6) is -0.440. The molecule has 94 valence electrons. The molecule has 4 heteroatoms. The van der Waals surface area contributed by atoms with Gasteiger partial charge >= 0.3 is 5.97 Å². The predicted octanol–water partition coefficient (Wildman–Crippen LogP) is 3.96. The van der Waals surface area contributed by atoms with Gasteiger partial charge in [-0.3, -0.25) is 4.79 Å². The van der Waals surface area contributed by atoms with Crippen molar-refractivity contribution in [1.29, 1.82) is 0 Å². The Labute approximate surface area is 103 Å². The highest BCUT2D eigenvalue weighted by atomic mass is 35.5. The quantitative estimate of drug-likeness (QED) is 0.352. The molecule has 0 fully saturated rings. The van der Waals surface area contributed by atoms with E-state index in [1.807, 2.05) is 0 Å². The second-order valence-corrected chi connectivity index (χ2v) is 4.03. The molecule has 0 unspecified atom stereocenters. The van der Waals surface area contributed by atoms with Crippen LogP contribution in [0.15, 0.2) is 11.5 Å². The maximum atomic E-state index is 10.5. The number of esters is 1. The van der Waals surface area contributed by atoms with Crippen LogP contribution in [-0.2, 0) is 14.3 Å². The fourth-order valence-corrected chi connectivity index (χ4v) is 1.42. The van der Waals surface area contributed by atoms with E-state index in [9.17, 15) is 4.79 Å². The fraction of sp³-hybridized carbons (Fsp3) is 0.750.